The van der Waals surface area contributed by atoms with Crippen LogP contribution in [0.25, 0.3) is 0 Å². The molecule has 4 nitrogen and oxygen atoms in total. The van der Waals surface area contributed by atoms with Crippen molar-refractivity contribution >= 4 is 34.8 Å². The van der Waals surface area contributed by atoms with Crippen molar-refractivity contribution in [2.24, 2.45) is 0 Å². The highest BCUT2D eigenvalue weighted by molar-refractivity contribution is 6.30. The van der Waals surface area contributed by atoms with Gasteiger partial charge in [-0.05, 0) is 61.7 Å². The van der Waals surface area contributed by atoms with Gasteiger partial charge in [0.05, 0.1) is 0 Å². The maximum atomic E-state index is 12.7. The van der Waals surface area contributed by atoms with Crippen molar-refractivity contribution in [3.05, 3.63) is 58.6 Å². The van der Waals surface area contributed by atoms with Gasteiger partial charge in [0.25, 0.3) is 0 Å². The van der Waals surface area contributed by atoms with Crippen molar-refractivity contribution in [3.8, 4) is 0 Å². The molecule has 0 aromatic heterocycles. The molecule has 0 bridgehead atoms. The number of rotatable bonds is 3. The number of anilines is 2. The molecule has 5 heteroatoms. The standard InChI is InChI=1S/C19H19ClN2O2/c1-12-4-3-5-16(13(12)2)21-19(24)17-10-11-18(23)22(17)15-8-6-14(20)7-9-15/h3-9,17H,10-11H2,1-2H3,(H,21,24). The predicted molar refractivity (Wildman–Crippen MR) is 96.5 cm³/mol. The van der Waals surface area contributed by atoms with Crippen molar-refractivity contribution in [1.82, 2.24) is 0 Å². The average Bonchev–Trinajstić information content (AvgIpc) is 2.94. The van der Waals surface area contributed by atoms with E-state index in [-0.39, 0.29) is 11.8 Å². The molecular formula is C19H19ClN2O2. The topological polar surface area (TPSA) is 49.4 Å². The first-order valence-electron chi connectivity index (χ1n) is 7.92. The number of hydrogen-bond acceptors (Lipinski definition) is 2. The van der Waals surface area contributed by atoms with Crippen LogP contribution in [0.2, 0.25) is 5.02 Å². The Kier molecular flexibility index (Phi) is 4.58. The van der Waals surface area contributed by atoms with Crippen molar-refractivity contribution in [2.75, 3.05) is 10.2 Å². The number of benzene rings is 2. The third-order valence-corrected chi connectivity index (χ3v) is 4.73. The summed E-state index contributed by atoms with van der Waals surface area (Å²) in [5.41, 5.74) is 3.64. The van der Waals surface area contributed by atoms with E-state index < -0.39 is 6.04 Å². The van der Waals surface area contributed by atoms with Gasteiger partial charge < -0.3 is 5.32 Å². The summed E-state index contributed by atoms with van der Waals surface area (Å²) in [6.07, 6.45) is 0.881. The molecule has 1 heterocycles. The lowest BCUT2D eigenvalue weighted by Crippen LogP contribution is -2.41. The van der Waals surface area contributed by atoms with Gasteiger partial charge in [-0.1, -0.05) is 23.7 Å². The molecule has 2 aromatic carbocycles. The Bertz CT molecular complexity index is 786. The van der Waals surface area contributed by atoms with Crippen LogP contribution in [0.4, 0.5) is 11.4 Å². The Morgan fingerprint density at radius 1 is 1.17 bits per heavy atom. The minimum absolute atomic E-state index is 0.0431. The second-order valence-electron chi connectivity index (χ2n) is 6.03. The maximum absolute atomic E-state index is 12.7. The van der Waals surface area contributed by atoms with E-state index in [1.807, 2.05) is 32.0 Å². The van der Waals surface area contributed by atoms with Gasteiger partial charge in [0.1, 0.15) is 6.04 Å². The minimum Gasteiger partial charge on any atom is -0.324 e. The summed E-state index contributed by atoms with van der Waals surface area (Å²) in [5, 5.41) is 3.56. The van der Waals surface area contributed by atoms with Crippen LogP contribution in [-0.2, 0) is 9.59 Å². The third kappa shape index (κ3) is 3.15. The van der Waals surface area contributed by atoms with E-state index in [0.717, 1.165) is 16.8 Å². The van der Waals surface area contributed by atoms with Crippen molar-refractivity contribution < 1.29 is 9.59 Å². The summed E-state index contributed by atoms with van der Waals surface area (Å²) in [6, 6.07) is 12.3. The lowest BCUT2D eigenvalue weighted by Gasteiger charge is -2.24. The zero-order valence-corrected chi connectivity index (χ0v) is 14.4. The number of aryl methyl sites for hydroxylation is 1. The number of hydrogen-bond donors (Lipinski definition) is 1. The molecule has 2 aromatic rings. The first-order chi connectivity index (χ1) is 11.5. The quantitative estimate of drug-likeness (QED) is 0.913. The molecule has 1 fully saturated rings. The van der Waals surface area contributed by atoms with Crippen molar-refractivity contribution in [3.63, 3.8) is 0 Å². The number of nitrogens with one attached hydrogen (secondary N) is 1. The van der Waals surface area contributed by atoms with Gasteiger partial charge in [-0.15, -0.1) is 0 Å². The zero-order valence-electron chi connectivity index (χ0n) is 13.7. The van der Waals surface area contributed by atoms with Gasteiger partial charge in [0.2, 0.25) is 11.8 Å². The lowest BCUT2D eigenvalue weighted by atomic mass is 10.1. The molecule has 1 aliphatic rings. The molecule has 1 unspecified atom stereocenters. The SMILES string of the molecule is Cc1cccc(NC(=O)C2CCC(=O)N2c2ccc(Cl)cc2)c1C. The van der Waals surface area contributed by atoms with E-state index in [1.165, 1.54) is 0 Å². The molecule has 3 rings (SSSR count). The molecule has 0 aliphatic carbocycles. The molecule has 124 valence electrons. The van der Waals surface area contributed by atoms with Crippen LogP contribution < -0.4 is 10.2 Å². The molecule has 2 amide bonds. The molecular weight excluding hydrogens is 324 g/mol. The predicted octanol–water partition coefficient (Wildman–Crippen LogP) is 4.09. The number of carbonyl (C=O) groups is 2. The smallest absolute Gasteiger partial charge is 0.247 e. The van der Waals surface area contributed by atoms with E-state index in [4.69, 9.17) is 11.6 Å². The Balaban J connectivity index is 1.84. The van der Waals surface area contributed by atoms with Crippen LogP contribution in [-0.4, -0.2) is 17.9 Å². The van der Waals surface area contributed by atoms with Gasteiger partial charge in [-0.3, -0.25) is 14.5 Å². The number of amides is 2. The molecule has 1 saturated heterocycles. The fourth-order valence-electron chi connectivity index (χ4n) is 2.96. The normalized spacial score (nSPS) is 17.2. The molecule has 1 atom stereocenters. The monoisotopic (exact) mass is 342 g/mol. The van der Waals surface area contributed by atoms with Crippen molar-refractivity contribution in [2.45, 2.75) is 32.7 Å². The van der Waals surface area contributed by atoms with E-state index in [2.05, 4.69) is 5.32 Å². The van der Waals surface area contributed by atoms with E-state index in [0.29, 0.717) is 23.6 Å². The summed E-state index contributed by atoms with van der Waals surface area (Å²) in [6.45, 7) is 3.98. The van der Waals surface area contributed by atoms with Crippen LogP contribution in [0.15, 0.2) is 42.5 Å². The fraction of sp³-hybridized carbons (Fsp3) is 0.263. The number of nitrogens with zero attached hydrogens (tertiary/aromatic N) is 1. The summed E-state index contributed by atoms with van der Waals surface area (Å²) >= 11 is 5.91. The summed E-state index contributed by atoms with van der Waals surface area (Å²) in [5.74, 6) is -0.206. The van der Waals surface area contributed by atoms with Crippen LogP contribution >= 0.6 is 11.6 Å². The summed E-state index contributed by atoms with van der Waals surface area (Å²) in [4.78, 5) is 26.6. The van der Waals surface area contributed by atoms with E-state index >= 15 is 0 Å². The van der Waals surface area contributed by atoms with Gasteiger partial charge in [-0.2, -0.15) is 0 Å². The average molecular weight is 343 g/mol. The fourth-order valence-corrected chi connectivity index (χ4v) is 3.09. The third-order valence-electron chi connectivity index (χ3n) is 4.48. The highest BCUT2D eigenvalue weighted by Gasteiger charge is 2.37. The van der Waals surface area contributed by atoms with Gasteiger partial charge in [-0.25, -0.2) is 0 Å². The lowest BCUT2D eigenvalue weighted by molar-refractivity contribution is -0.120. The second-order valence-corrected chi connectivity index (χ2v) is 6.47. The van der Waals surface area contributed by atoms with Crippen molar-refractivity contribution in [1.29, 1.82) is 0 Å². The van der Waals surface area contributed by atoms with E-state index in [1.54, 1.807) is 29.2 Å². The first-order valence-corrected chi connectivity index (χ1v) is 8.30. The first kappa shape index (κ1) is 16.5. The molecule has 24 heavy (non-hydrogen) atoms. The van der Waals surface area contributed by atoms with Gasteiger partial charge in [0, 0.05) is 22.8 Å². The molecule has 0 saturated carbocycles. The highest BCUT2D eigenvalue weighted by atomic mass is 35.5. The van der Waals surface area contributed by atoms with E-state index in [9.17, 15) is 9.59 Å². The van der Waals surface area contributed by atoms with Crippen LogP contribution in [0.3, 0.4) is 0 Å². The highest BCUT2D eigenvalue weighted by Crippen LogP contribution is 2.29. The maximum Gasteiger partial charge on any atom is 0.247 e. The second kappa shape index (κ2) is 6.65. The van der Waals surface area contributed by atoms with Gasteiger partial charge >= 0.3 is 0 Å². The summed E-state index contributed by atoms with van der Waals surface area (Å²) in [7, 11) is 0. The summed E-state index contributed by atoms with van der Waals surface area (Å²) < 4.78 is 0. The molecule has 1 N–H and O–H groups in total. The van der Waals surface area contributed by atoms with Gasteiger partial charge in [0.15, 0.2) is 0 Å². The minimum atomic E-state index is -0.501. The Morgan fingerprint density at radius 3 is 2.58 bits per heavy atom. The number of carbonyl (C=O) groups excluding carboxylic acids is 2. The number of halogens is 1. The molecule has 1 aliphatic heterocycles. The Labute approximate surface area is 146 Å². The Morgan fingerprint density at radius 2 is 1.88 bits per heavy atom. The van der Waals surface area contributed by atoms with Crippen LogP contribution in [0.1, 0.15) is 24.0 Å². The largest absolute Gasteiger partial charge is 0.324 e. The molecule has 0 spiro atoms. The van der Waals surface area contributed by atoms with Crippen LogP contribution in [0.5, 0.6) is 0 Å². The zero-order chi connectivity index (χ0) is 17.3. The molecule has 0 radical (unpaired) electrons. The van der Waals surface area contributed by atoms with Crippen LogP contribution in [0, 0.1) is 13.8 Å². The Hall–Kier alpha value is -2.33.